The molecule has 3 rings (SSSR count). The van der Waals surface area contributed by atoms with Gasteiger partial charge in [-0.05, 0) is 16.3 Å². The van der Waals surface area contributed by atoms with Crippen molar-refractivity contribution in [3.05, 3.63) is 54.1 Å². The zero-order valence-corrected chi connectivity index (χ0v) is 10.9. The summed E-state index contributed by atoms with van der Waals surface area (Å²) in [5, 5.41) is 14.0. The standard InChI is InChI=1S/C14H10N4O.Li.H/c19-9-10-5-7-11(8-6-10)12-3-1-2-4-13(12)14-15-17-18-16-14;;/h1-9H,(H,15,16,17,18);;/q;+1;-1. The van der Waals surface area contributed by atoms with Crippen LogP contribution in [-0.4, -0.2) is 26.9 Å². The first-order valence-electron chi connectivity index (χ1n) is 5.77. The van der Waals surface area contributed by atoms with Gasteiger partial charge in [0.1, 0.15) is 6.29 Å². The maximum absolute atomic E-state index is 10.7. The first kappa shape index (κ1) is 14.2. The normalized spacial score (nSPS) is 9.80. The Morgan fingerprint density at radius 1 is 1.00 bits per heavy atom. The molecule has 0 aliphatic rings. The summed E-state index contributed by atoms with van der Waals surface area (Å²) >= 11 is 0. The van der Waals surface area contributed by atoms with E-state index in [1.807, 2.05) is 36.4 Å². The van der Waals surface area contributed by atoms with E-state index in [4.69, 9.17) is 0 Å². The van der Waals surface area contributed by atoms with Crippen LogP contribution in [0.15, 0.2) is 48.5 Å². The summed E-state index contributed by atoms with van der Waals surface area (Å²) in [7, 11) is 0. The number of hydrogen-bond acceptors (Lipinski definition) is 4. The van der Waals surface area contributed by atoms with Gasteiger partial charge in [0.15, 0.2) is 0 Å². The van der Waals surface area contributed by atoms with Crippen molar-refractivity contribution in [2.45, 2.75) is 0 Å². The predicted octanol–water partition coefficient (Wildman–Crippen LogP) is -0.537. The van der Waals surface area contributed by atoms with Crippen molar-refractivity contribution in [1.82, 2.24) is 20.6 Å². The second kappa shape index (κ2) is 6.29. The van der Waals surface area contributed by atoms with Crippen LogP contribution in [0.4, 0.5) is 0 Å². The van der Waals surface area contributed by atoms with Crippen molar-refractivity contribution in [1.29, 1.82) is 0 Å². The van der Waals surface area contributed by atoms with E-state index in [-0.39, 0.29) is 20.3 Å². The molecule has 1 N–H and O–H groups in total. The van der Waals surface area contributed by atoms with E-state index in [1.165, 1.54) is 0 Å². The third-order valence-corrected chi connectivity index (χ3v) is 2.87. The summed E-state index contributed by atoms with van der Waals surface area (Å²) in [5.41, 5.74) is 3.56. The first-order valence-corrected chi connectivity index (χ1v) is 5.77. The zero-order chi connectivity index (χ0) is 13.1. The quantitative estimate of drug-likeness (QED) is 0.506. The van der Waals surface area contributed by atoms with E-state index in [0.29, 0.717) is 11.4 Å². The Bertz CT molecular complexity index is 701. The van der Waals surface area contributed by atoms with E-state index < -0.39 is 0 Å². The Hall–Kier alpha value is -2.22. The molecule has 3 aromatic rings. The van der Waals surface area contributed by atoms with E-state index in [0.717, 1.165) is 23.0 Å². The minimum Gasteiger partial charge on any atom is -1.00 e. The van der Waals surface area contributed by atoms with Gasteiger partial charge in [-0.25, -0.2) is 0 Å². The average molecular weight is 258 g/mol. The van der Waals surface area contributed by atoms with Gasteiger partial charge in [0, 0.05) is 11.1 Å². The Balaban J connectivity index is 0.00000110. The second-order valence-electron chi connectivity index (χ2n) is 4.02. The molecule has 0 saturated heterocycles. The van der Waals surface area contributed by atoms with Crippen molar-refractivity contribution >= 4 is 6.29 Å². The molecule has 0 radical (unpaired) electrons. The van der Waals surface area contributed by atoms with Gasteiger partial charge < -0.3 is 1.43 Å². The molecule has 6 heteroatoms. The van der Waals surface area contributed by atoms with Gasteiger partial charge in [0.05, 0.1) is 0 Å². The van der Waals surface area contributed by atoms with Gasteiger partial charge in [-0.3, -0.25) is 4.79 Å². The molecule has 0 bridgehead atoms. The van der Waals surface area contributed by atoms with Gasteiger partial charge in [-0.1, -0.05) is 48.5 Å². The summed E-state index contributed by atoms with van der Waals surface area (Å²) in [6.07, 6.45) is 0.828. The van der Waals surface area contributed by atoms with Crippen molar-refractivity contribution in [2.75, 3.05) is 0 Å². The molecular formula is C14H11LiN4O. The molecule has 0 aliphatic heterocycles. The number of H-pyrrole nitrogens is 1. The van der Waals surface area contributed by atoms with Gasteiger partial charge in [-0.2, -0.15) is 5.21 Å². The Kier molecular flexibility index (Phi) is 4.46. The zero-order valence-electron chi connectivity index (χ0n) is 11.9. The SMILES string of the molecule is O=Cc1ccc(-c2ccccc2-c2nn[nH]n2)cc1.[H-].[Li+]. The molecule has 20 heavy (non-hydrogen) atoms. The van der Waals surface area contributed by atoms with Crippen molar-refractivity contribution < 1.29 is 25.1 Å². The molecule has 1 aromatic heterocycles. The molecular weight excluding hydrogens is 247 g/mol. The van der Waals surface area contributed by atoms with Crippen molar-refractivity contribution in [3.8, 4) is 22.5 Å². The van der Waals surface area contributed by atoms with E-state index in [2.05, 4.69) is 20.6 Å². The molecule has 0 aliphatic carbocycles. The average Bonchev–Trinajstić information content (AvgIpc) is 3.01. The van der Waals surface area contributed by atoms with Crippen molar-refractivity contribution in [2.24, 2.45) is 0 Å². The van der Waals surface area contributed by atoms with Crippen LogP contribution in [0.25, 0.3) is 22.5 Å². The molecule has 0 amide bonds. The maximum Gasteiger partial charge on any atom is 1.00 e. The van der Waals surface area contributed by atoms with Crippen molar-refractivity contribution in [3.63, 3.8) is 0 Å². The fourth-order valence-electron chi connectivity index (χ4n) is 1.95. The number of tetrazole rings is 1. The number of carbonyl (C=O) groups excluding carboxylic acids is 1. The van der Waals surface area contributed by atoms with Gasteiger partial charge >= 0.3 is 18.9 Å². The fourth-order valence-corrected chi connectivity index (χ4v) is 1.95. The first-order chi connectivity index (χ1) is 9.38. The smallest absolute Gasteiger partial charge is 1.00 e. The summed E-state index contributed by atoms with van der Waals surface area (Å²) < 4.78 is 0. The van der Waals surface area contributed by atoms with E-state index in [1.54, 1.807) is 12.1 Å². The Labute approximate surface area is 129 Å². The molecule has 0 atom stereocenters. The molecule has 0 fully saturated rings. The number of benzene rings is 2. The van der Waals surface area contributed by atoms with Crippen LogP contribution in [-0.2, 0) is 0 Å². The van der Waals surface area contributed by atoms with Crippen LogP contribution < -0.4 is 18.9 Å². The predicted molar refractivity (Wildman–Crippen MR) is 71.5 cm³/mol. The van der Waals surface area contributed by atoms with Crippen LogP contribution >= 0.6 is 0 Å². The third kappa shape index (κ3) is 2.69. The molecule has 94 valence electrons. The summed E-state index contributed by atoms with van der Waals surface area (Å²) in [6, 6.07) is 15.2. The van der Waals surface area contributed by atoms with Gasteiger partial charge in [0.25, 0.3) is 0 Å². The molecule has 5 nitrogen and oxygen atoms in total. The third-order valence-electron chi connectivity index (χ3n) is 2.87. The van der Waals surface area contributed by atoms with E-state index >= 15 is 0 Å². The van der Waals surface area contributed by atoms with Gasteiger partial charge in [0.2, 0.25) is 5.82 Å². The van der Waals surface area contributed by atoms with Crippen LogP contribution in [0.3, 0.4) is 0 Å². The van der Waals surface area contributed by atoms with E-state index in [9.17, 15) is 4.79 Å². The maximum atomic E-state index is 10.7. The van der Waals surface area contributed by atoms with Crippen LogP contribution in [0, 0.1) is 0 Å². The topological polar surface area (TPSA) is 71.5 Å². The summed E-state index contributed by atoms with van der Waals surface area (Å²) in [5.74, 6) is 0.551. The number of nitrogens with one attached hydrogen (secondary N) is 1. The summed E-state index contributed by atoms with van der Waals surface area (Å²) in [4.78, 5) is 10.7. The number of nitrogens with zero attached hydrogens (tertiary/aromatic N) is 3. The number of aromatic nitrogens is 4. The second-order valence-corrected chi connectivity index (χ2v) is 4.02. The van der Waals surface area contributed by atoms with Crippen LogP contribution in [0.1, 0.15) is 11.8 Å². The van der Waals surface area contributed by atoms with Crippen LogP contribution in [0.2, 0.25) is 0 Å². The Morgan fingerprint density at radius 2 is 1.70 bits per heavy atom. The molecule has 0 saturated carbocycles. The molecule has 1 heterocycles. The largest absolute Gasteiger partial charge is 1.00 e. The number of hydrogen-bond donors (Lipinski definition) is 1. The molecule has 0 unspecified atom stereocenters. The summed E-state index contributed by atoms with van der Waals surface area (Å²) in [6.45, 7) is 0. The number of aldehydes is 1. The van der Waals surface area contributed by atoms with Gasteiger partial charge in [-0.15, -0.1) is 10.2 Å². The molecule has 0 spiro atoms. The minimum atomic E-state index is 0. The fraction of sp³-hybridized carbons (Fsp3) is 0. The monoisotopic (exact) mass is 258 g/mol. The van der Waals surface area contributed by atoms with Crippen LogP contribution in [0.5, 0.6) is 0 Å². The minimum absolute atomic E-state index is 0. The number of carbonyl (C=O) groups is 1. The number of rotatable bonds is 3. The number of aromatic amines is 1. The Morgan fingerprint density at radius 3 is 2.30 bits per heavy atom. The molecule has 2 aromatic carbocycles.